The molecule has 15 heavy (non-hydrogen) atoms. The molecule has 0 heterocycles. The fourth-order valence-electron chi connectivity index (χ4n) is 1.38. The van der Waals surface area contributed by atoms with Gasteiger partial charge >= 0.3 is 0 Å². The second-order valence-corrected chi connectivity index (χ2v) is 3.10. The molecule has 1 atom stereocenters. The van der Waals surface area contributed by atoms with Crippen LogP contribution in [-0.2, 0) is 0 Å². The van der Waals surface area contributed by atoms with Crippen LogP contribution in [0.25, 0.3) is 0 Å². The first-order valence-electron chi connectivity index (χ1n) is 4.90. The summed E-state index contributed by atoms with van der Waals surface area (Å²) in [7, 11) is 1.58. The fraction of sp³-hybridized carbons (Fsp3) is 0.455. The van der Waals surface area contributed by atoms with E-state index >= 15 is 0 Å². The average Bonchev–Trinajstić information content (AvgIpc) is 2.28. The summed E-state index contributed by atoms with van der Waals surface area (Å²) in [5, 5.41) is 9.02. The Hall–Kier alpha value is -1.26. The zero-order valence-corrected chi connectivity index (χ0v) is 9.06. The average molecular weight is 211 g/mol. The Bertz CT molecular complexity index is 315. The lowest BCUT2D eigenvalue weighted by atomic mass is 10.1. The van der Waals surface area contributed by atoms with Crippen LogP contribution in [0.1, 0.15) is 18.5 Å². The standard InChI is InChI=1S/C11H17NO3/c1-3-15-11-8(9(12)7-13)5-4-6-10(11)14-2/h4-6,9,13H,3,7,12H2,1-2H3. The lowest BCUT2D eigenvalue weighted by Gasteiger charge is -2.17. The Morgan fingerprint density at radius 2 is 2.20 bits per heavy atom. The van der Waals surface area contributed by atoms with E-state index < -0.39 is 6.04 Å². The van der Waals surface area contributed by atoms with Crippen LogP contribution in [0.5, 0.6) is 11.5 Å². The molecule has 0 radical (unpaired) electrons. The van der Waals surface area contributed by atoms with Gasteiger partial charge in [0.1, 0.15) is 0 Å². The van der Waals surface area contributed by atoms with Gasteiger partial charge in [-0.1, -0.05) is 12.1 Å². The topological polar surface area (TPSA) is 64.7 Å². The quantitative estimate of drug-likeness (QED) is 0.765. The number of aliphatic hydroxyl groups is 1. The van der Waals surface area contributed by atoms with E-state index in [-0.39, 0.29) is 6.61 Å². The first kappa shape index (κ1) is 11.8. The number of nitrogens with two attached hydrogens (primary N) is 1. The molecule has 3 N–H and O–H groups in total. The first-order chi connectivity index (χ1) is 7.24. The summed E-state index contributed by atoms with van der Waals surface area (Å²) in [6.07, 6.45) is 0. The third-order valence-corrected chi connectivity index (χ3v) is 2.11. The number of methoxy groups -OCH3 is 1. The van der Waals surface area contributed by atoms with E-state index in [1.54, 1.807) is 13.2 Å². The van der Waals surface area contributed by atoms with Crippen LogP contribution < -0.4 is 15.2 Å². The highest BCUT2D eigenvalue weighted by Gasteiger charge is 2.15. The molecule has 4 nitrogen and oxygen atoms in total. The molecular weight excluding hydrogens is 194 g/mol. The van der Waals surface area contributed by atoms with E-state index in [1.165, 1.54) is 0 Å². The van der Waals surface area contributed by atoms with Crippen LogP contribution >= 0.6 is 0 Å². The Labute approximate surface area is 89.6 Å². The summed E-state index contributed by atoms with van der Waals surface area (Å²) in [5.41, 5.74) is 6.53. The predicted molar refractivity (Wildman–Crippen MR) is 58.2 cm³/mol. The van der Waals surface area contributed by atoms with E-state index in [9.17, 15) is 0 Å². The van der Waals surface area contributed by atoms with Gasteiger partial charge < -0.3 is 20.3 Å². The number of rotatable bonds is 5. The number of hydrogen-bond acceptors (Lipinski definition) is 4. The van der Waals surface area contributed by atoms with Crippen LogP contribution in [0.15, 0.2) is 18.2 Å². The maximum absolute atomic E-state index is 9.02. The molecule has 0 bridgehead atoms. The molecule has 1 aromatic rings. The summed E-state index contributed by atoms with van der Waals surface area (Å²) >= 11 is 0. The van der Waals surface area contributed by atoms with Gasteiger partial charge in [-0.15, -0.1) is 0 Å². The third-order valence-electron chi connectivity index (χ3n) is 2.11. The lowest BCUT2D eigenvalue weighted by molar-refractivity contribution is 0.258. The van der Waals surface area contributed by atoms with Crippen molar-refractivity contribution in [2.75, 3.05) is 20.3 Å². The normalized spacial score (nSPS) is 12.3. The van der Waals surface area contributed by atoms with Crippen LogP contribution in [0.3, 0.4) is 0 Å². The minimum atomic E-state index is -0.443. The third kappa shape index (κ3) is 2.61. The van der Waals surface area contributed by atoms with Crippen molar-refractivity contribution in [1.82, 2.24) is 0 Å². The van der Waals surface area contributed by atoms with Gasteiger partial charge in [-0.3, -0.25) is 0 Å². The van der Waals surface area contributed by atoms with Crippen LogP contribution in [-0.4, -0.2) is 25.4 Å². The molecule has 0 aliphatic rings. The molecular formula is C11H17NO3. The summed E-state index contributed by atoms with van der Waals surface area (Å²) in [6, 6.07) is 5.01. The van der Waals surface area contributed by atoms with E-state index in [0.29, 0.717) is 18.1 Å². The zero-order valence-electron chi connectivity index (χ0n) is 9.06. The van der Waals surface area contributed by atoms with Crippen LogP contribution in [0.4, 0.5) is 0 Å². The number of hydrogen-bond donors (Lipinski definition) is 2. The Morgan fingerprint density at radius 1 is 1.47 bits per heavy atom. The molecule has 0 aliphatic heterocycles. The van der Waals surface area contributed by atoms with Crippen molar-refractivity contribution >= 4 is 0 Å². The van der Waals surface area contributed by atoms with Gasteiger partial charge in [0, 0.05) is 5.56 Å². The SMILES string of the molecule is CCOc1c(OC)cccc1C(N)CO. The monoisotopic (exact) mass is 211 g/mol. The van der Waals surface area contributed by atoms with E-state index in [1.807, 2.05) is 19.1 Å². The Kier molecular flexibility index (Phi) is 4.39. The van der Waals surface area contributed by atoms with Crippen LogP contribution in [0, 0.1) is 0 Å². The summed E-state index contributed by atoms with van der Waals surface area (Å²) in [6.45, 7) is 2.31. The van der Waals surface area contributed by atoms with Gasteiger partial charge in [0.25, 0.3) is 0 Å². The number of ether oxygens (including phenoxy) is 2. The van der Waals surface area contributed by atoms with Gasteiger partial charge in [0.05, 0.1) is 26.4 Å². The van der Waals surface area contributed by atoms with Crippen molar-refractivity contribution in [1.29, 1.82) is 0 Å². The number of para-hydroxylation sites is 1. The Morgan fingerprint density at radius 3 is 2.73 bits per heavy atom. The molecule has 0 fully saturated rings. The van der Waals surface area contributed by atoms with E-state index in [0.717, 1.165) is 5.56 Å². The van der Waals surface area contributed by atoms with Gasteiger partial charge in [0.15, 0.2) is 11.5 Å². The molecule has 0 saturated heterocycles. The highest BCUT2D eigenvalue weighted by Crippen LogP contribution is 2.33. The molecule has 0 aromatic heterocycles. The van der Waals surface area contributed by atoms with Gasteiger partial charge in [0.2, 0.25) is 0 Å². The highest BCUT2D eigenvalue weighted by molar-refractivity contribution is 5.48. The van der Waals surface area contributed by atoms with Gasteiger partial charge in [-0.25, -0.2) is 0 Å². The summed E-state index contributed by atoms with van der Waals surface area (Å²) in [4.78, 5) is 0. The van der Waals surface area contributed by atoms with Gasteiger partial charge in [-0.05, 0) is 13.0 Å². The first-order valence-corrected chi connectivity index (χ1v) is 4.90. The smallest absolute Gasteiger partial charge is 0.165 e. The molecule has 0 spiro atoms. The maximum atomic E-state index is 9.02. The molecule has 0 amide bonds. The molecule has 0 aliphatic carbocycles. The van der Waals surface area contributed by atoms with Gasteiger partial charge in [-0.2, -0.15) is 0 Å². The fourth-order valence-corrected chi connectivity index (χ4v) is 1.38. The van der Waals surface area contributed by atoms with Crippen molar-refractivity contribution in [2.45, 2.75) is 13.0 Å². The second kappa shape index (κ2) is 5.58. The van der Waals surface area contributed by atoms with Crippen molar-refractivity contribution in [3.05, 3.63) is 23.8 Å². The van der Waals surface area contributed by atoms with Crippen molar-refractivity contribution in [3.8, 4) is 11.5 Å². The predicted octanol–water partition coefficient (Wildman–Crippen LogP) is 1.09. The molecule has 1 unspecified atom stereocenters. The summed E-state index contributed by atoms with van der Waals surface area (Å²) < 4.78 is 10.6. The molecule has 1 aromatic carbocycles. The van der Waals surface area contributed by atoms with E-state index in [2.05, 4.69) is 0 Å². The number of aliphatic hydroxyl groups excluding tert-OH is 1. The van der Waals surface area contributed by atoms with Crippen molar-refractivity contribution < 1.29 is 14.6 Å². The van der Waals surface area contributed by atoms with E-state index in [4.69, 9.17) is 20.3 Å². The number of benzene rings is 1. The molecule has 0 saturated carbocycles. The molecule has 84 valence electrons. The summed E-state index contributed by atoms with van der Waals surface area (Å²) in [5.74, 6) is 1.25. The lowest BCUT2D eigenvalue weighted by Crippen LogP contribution is -2.16. The second-order valence-electron chi connectivity index (χ2n) is 3.10. The minimum Gasteiger partial charge on any atom is -0.493 e. The Balaban J connectivity index is 3.12. The maximum Gasteiger partial charge on any atom is 0.165 e. The van der Waals surface area contributed by atoms with Crippen LogP contribution in [0.2, 0.25) is 0 Å². The molecule has 1 rings (SSSR count). The van der Waals surface area contributed by atoms with Crippen molar-refractivity contribution in [2.24, 2.45) is 5.73 Å². The minimum absolute atomic E-state index is 0.118. The largest absolute Gasteiger partial charge is 0.493 e. The zero-order chi connectivity index (χ0) is 11.3. The molecule has 4 heteroatoms. The highest BCUT2D eigenvalue weighted by atomic mass is 16.5. The van der Waals surface area contributed by atoms with Crippen molar-refractivity contribution in [3.63, 3.8) is 0 Å².